The van der Waals surface area contributed by atoms with Gasteiger partial charge in [-0.25, -0.2) is 4.68 Å². The lowest BCUT2D eigenvalue weighted by Gasteiger charge is -2.09. The number of ether oxygens (including phenoxy) is 1. The molecule has 1 unspecified atom stereocenters. The van der Waals surface area contributed by atoms with Gasteiger partial charge in [-0.1, -0.05) is 0 Å². The Morgan fingerprint density at radius 1 is 1.65 bits per heavy atom. The molecule has 5 nitrogen and oxygen atoms in total. The Kier molecular flexibility index (Phi) is 6.07. The van der Waals surface area contributed by atoms with Gasteiger partial charge in [0.15, 0.2) is 0 Å². The molecule has 0 saturated carbocycles. The molecule has 0 saturated heterocycles. The third kappa shape index (κ3) is 5.23. The third-order valence-electron chi connectivity index (χ3n) is 2.08. The highest BCUT2D eigenvalue weighted by atomic mass is 32.2. The summed E-state index contributed by atoms with van der Waals surface area (Å²) in [5, 5.41) is 4.06. The van der Waals surface area contributed by atoms with Crippen molar-refractivity contribution in [3.8, 4) is 5.75 Å². The quantitative estimate of drug-likeness (QED) is 0.729. The molecule has 17 heavy (non-hydrogen) atoms. The van der Waals surface area contributed by atoms with Crippen LogP contribution in [0.4, 0.5) is 0 Å². The summed E-state index contributed by atoms with van der Waals surface area (Å²) in [6.45, 7) is 2.88. The number of nitrogens with two attached hydrogens (primary N) is 1. The monoisotopic (exact) mass is 257 g/mol. The zero-order chi connectivity index (χ0) is 12.7. The minimum Gasteiger partial charge on any atom is -0.490 e. The fraction of sp³-hybridized carbons (Fsp3) is 0.636. The van der Waals surface area contributed by atoms with Crippen molar-refractivity contribution < 1.29 is 4.74 Å². The zero-order valence-electron chi connectivity index (χ0n) is 10.3. The van der Waals surface area contributed by atoms with Crippen molar-refractivity contribution in [3.63, 3.8) is 0 Å². The van der Waals surface area contributed by atoms with Gasteiger partial charge < -0.3 is 10.5 Å². The molecule has 1 aromatic rings. The van der Waals surface area contributed by atoms with Crippen LogP contribution >= 0.6 is 11.8 Å². The molecule has 0 bridgehead atoms. The standard InChI is InChI=1S/C11H19N3O2S/c1-9(12)8-16-10-6-11(15)14(13-7-10)4-3-5-17-2/h6-7,9H,3-5,8,12H2,1-2H3. The second kappa shape index (κ2) is 7.34. The van der Waals surface area contributed by atoms with E-state index < -0.39 is 0 Å². The number of aromatic nitrogens is 2. The van der Waals surface area contributed by atoms with E-state index >= 15 is 0 Å². The summed E-state index contributed by atoms with van der Waals surface area (Å²) in [4.78, 5) is 11.7. The first-order valence-electron chi connectivity index (χ1n) is 5.58. The van der Waals surface area contributed by atoms with Crippen LogP contribution < -0.4 is 16.0 Å². The van der Waals surface area contributed by atoms with Gasteiger partial charge in [0.2, 0.25) is 0 Å². The highest BCUT2D eigenvalue weighted by Crippen LogP contribution is 2.04. The molecule has 6 heteroatoms. The van der Waals surface area contributed by atoms with Crippen LogP contribution in [0.1, 0.15) is 13.3 Å². The van der Waals surface area contributed by atoms with Gasteiger partial charge in [0, 0.05) is 18.7 Å². The van der Waals surface area contributed by atoms with E-state index in [-0.39, 0.29) is 11.6 Å². The van der Waals surface area contributed by atoms with Gasteiger partial charge in [0.05, 0.1) is 6.20 Å². The van der Waals surface area contributed by atoms with E-state index in [4.69, 9.17) is 10.5 Å². The van der Waals surface area contributed by atoms with Gasteiger partial charge in [0.1, 0.15) is 12.4 Å². The average molecular weight is 257 g/mol. The Morgan fingerprint density at radius 3 is 3.00 bits per heavy atom. The molecule has 1 atom stereocenters. The molecule has 1 heterocycles. The van der Waals surface area contributed by atoms with E-state index in [0.29, 0.717) is 18.9 Å². The number of thioether (sulfide) groups is 1. The van der Waals surface area contributed by atoms with Crippen LogP contribution in [0.3, 0.4) is 0 Å². The summed E-state index contributed by atoms with van der Waals surface area (Å²) in [6, 6.07) is 1.40. The lowest BCUT2D eigenvalue weighted by atomic mass is 10.4. The van der Waals surface area contributed by atoms with E-state index in [1.807, 2.05) is 13.2 Å². The predicted molar refractivity (Wildman–Crippen MR) is 70.6 cm³/mol. The summed E-state index contributed by atoms with van der Waals surface area (Å²) in [6.07, 6.45) is 4.54. The molecule has 0 aliphatic heterocycles. The molecule has 1 rings (SSSR count). The minimum absolute atomic E-state index is 0.0565. The highest BCUT2D eigenvalue weighted by Gasteiger charge is 2.02. The summed E-state index contributed by atoms with van der Waals surface area (Å²) < 4.78 is 6.78. The van der Waals surface area contributed by atoms with E-state index in [2.05, 4.69) is 5.10 Å². The Bertz CT molecular complexity index is 393. The maximum atomic E-state index is 11.7. The van der Waals surface area contributed by atoms with Crippen LogP contribution in [-0.2, 0) is 6.54 Å². The SMILES string of the molecule is CSCCCn1ncc(OCC(C)N)cc1=O. The fourth-order valence-corrected chi connectivity index (χ4v) is 1.67. The number of hydrogen-bond acceptors (Lipinski definition) is 5. The highest BCUT2D eigenvalue weighted by molar-refractivity contribution is 7.98. The summed E-state index contributed by atoms with van der Waals surface area (Å²) in [7, 11) is 0. The van der Waals surface area contributed by atoms with E-state index in [0.717, 1.165) is 12.2 Å². The van der Waals surface area contributed by atoms with Gasteiger partial charge in [-0.3, -0.25) is 4.79 Å². The van der Waals surface area contributed by atoms with Crippen molar-refractivity contribution in [2.45, 2.75) is 25.9 Å². The van der Waals surface area contributed by atoms with Crippen molar-refractivity contribution >= 4 is 11.8 Å². The Labute approximate surface area is 105 Å². The molecule has 0 spiro atoms. The Balaban J connectivity index is 2.56. The topological polar surface area (TPSA) is 70.1 Å². The maximum Gasteiger partial charge on any atom is 0.270 e. The predicted octanol–water partition coefficient (Wildman–Crippen LogP) is 0.722. The molecule has 0 amide bonds. The van der Waals surface area contributed by atoms with E-state index in [1.54, 1.807) is 18.0 Å². The van der Waals surface area contributed by atoms with Crippen LogP contribution in [0.25, 0.3) is 0 Å². The van der Waals surface area contributed by atoms with Gasteiger partial charge in [-0.05, 0) is 25.4 Å². The van der Waals surface area contributed by atoms with Crippen LogP contribution in [0.15, 0.2) is 17.1 Å². The number of hydrogen-bond donors (Lipinski definition) is 1. The van der Waals surface area contributed by atoms with Gasteiger partial charge in [-0.2, -0.15) is 16.9 Å². The fourth-order valence-electron chi connectivity index (χ4n) is 1.25. The van der Waals surface area contributed by atoms with Crippen molar-refractivity contribution in [2.24, 2.45) is 5.73 Å². The average Bonchev–Trinajstić information content (AvgIpc) is 2.29. The Hall–Kier alpha value is -1.01. The number of nitrogens with zero attached hydrogens (tertiary/aromatic N) is 2. The number of rotatable bonds is 7. The van der Waals surface area contributed by atoms with Crippen LogP contribution in [-0.4, -0.2) is 34.4 Å². The van der Waals surface area contributed by atoms with E-state index in [1.165, 1.54) is 10.7 Å². The zero-order valence-corrected chi connectivity index (χ0v) is 11.1. The van der Waals surface area contributed by atoms with Crippen molar-refractivity contribution in [3.05, 3.63) is 22.6 Å². The number of aryl methyl sites for hydroxylation is 1. The van der Waals surface area contributed by atoms with Crippen molar-refractivity contribution in [1.82, 2.24) is 9.78 Å². The minimum atomic E-state index is -0.131. The molecule has 96 valence electrons. The van der Waals surface area contributed by atoms with Crippen molar-refractivity contribution in [1.29, 1.82) is 0 Å². The van der Waals surface area contributed by atoms with Crippen molar-refractivity contribution in [2.75, 3.05) is 18.6 Å². The molecular formula is C11H19N3O2S. The van der Waals surface area contributed by atoms with Gasteiger partial charge in [0.25, 0.3) is 5.56 Å². The first-order valence-corrected chi connectivity index (χ1v) is 6.97. The van der Waals surface area contributed by atoms with Crippen LogP contribution in [0.2, 0.25) is 0 Å². The molecule has 0 aliphatic carbocycles. The van der Waals surface area contributed by atoms with Gasteiger partial charge in [-0.15, -0.1) is 0 Å². The van der Waals surface area contributed by atoms with Crippen LogP contribution in [0, 0.1) is 0 Å². The van der Waals surface area contributed by atoms with Crippen LogP contribution in [0.5, 0.6) is 5.75 Å². The van der Waals surface area contributed by atoms with E-state index in [9.17, 15) is 4.79 Å². The lowest BCUT2D eigenvalue weighted by molar-refractivity contribution is 0.292. The first-order chi connectivity index (χ1) is 8.13. The molecule has 0 fully saturated rings. The van der Waals surface area contributed by atoms with Gasteiger partial charge >= 0.3 is 0 Å². The molecule has 0 radical (unpaired) electrons. The summed E-state index contributed by atoms with van der Waals surface area (Å²) in [5.41, 5.74) is 5.43. The third-order valence-corrected chi connectivity index (χ3v) is 2.77. The smallest absolute Gasteiger partial charge is 0.270 e. The molecular weight excluding hydrogens is 238 g/mol. The second-order valence-electron chi connectivity index (χ2n) is 3.89. The lowest BCUT2D eigenvalue weighted by Crippen LogP contribution is -2.26. The first kappa shape index (κ1) is 14.1. The molecule has 0 aromatic carbocycles. The summed E-state index contributed by atoms with van der Waals surface area (Å²) in [5.74, 6) is 1.50. The maximum absolute atomic E-state index is 11.7. The largest absolute Gasteiger partial charge is 0.490 e. The summed E-state index contributed by atoms with van der Waals surface area (Å²) >= 11 is 1.76. The molecule has 2 N–H and O–H groups in total. The Morgan fingerprint density at radius 2 is 2.41 bits per heavy atom. The normalized spacial score (nSPS) is 12.4. The second-order valence-corrected chi connectivity index (χ2v) is 4.87. The molecule has 0 aliphatic rings. The molecule has 1 aromatic heterocycles.